The van der Waals surface area contributed by atoms with Crippen molar-refractivity contribution in [2.75, 3.05) is 24.3 Å². The number of halogens is 2. The molecule has 2 aromatic rings. The van der Waals surface area contributed by atoms with Gasteiger partial charge in [-0.15, -0.1) is 0 Å². The molecule has 2 N–H and O–H groups in total. The molecule has 0 saturated heterocycles. The summed E-state index contributed by atoms with van der Waals surface area (Å²) in [4.78, 5) is 3.90. The van der Waals surface area contributed by atoms with Crippen molar-refractivity contribution in [1.29, 1.82) is 0 Å². The molecular formula is C14H15F2N3O. The van der Waals surface area contributed by atoms with Crippen LogP contribution in [0.2, 0.25) is 0 Å². The Bertz CT molecular complexity index is 588. The third-order valence-corrected chi connectivity index (χ3v) is 2.63. The fourth-order valence-electron chi connectivity index (χ4n) is 1.66. The summed E-state index contributed by atoms with van der Waals surface area (Å²) < 4.78 is 32.2. The molecule has 0 aliphatic rings. The number of anilines is 3. The molecule has 0 aliphatic heterocycles. The first-order chi connectivity index (χ1) is 9.63. The highest BCUT2D eigenvalue weighted by molar-refractivity contribution is 5.59. The second kappa shape index (κ2) is 6.18. The summed E-state index contributed by atoms with van der Waals surface area (Å²) in [7, 11) is 1.56. The van der Waals surface area contributed by atoms with Gasteiger partial charge in [0.1, 0.15) is 5.75 Å². The van der Waals surface area contributed by atoms with Gasteiger partial charge in [-0.1, -0.05) is 0 Å². The molecule has 0 bridgehead atoms. The Balaban J connectivity index is 2.25. The van der Waals surface area contributed by atoms with Crippen molar-refractivity contribution >= 4 is 17.3 Å². The molecule has 6 heteroatoms. The van der Waals surface area contributed by atoms with E-state index in [1.807, 2.05) is 0 Å². The molecule has 0 spiro atoms. The van der Waals surface area contributed by atoms with Gasteiger partial charge >= 0.3 is 0 Å². The lowest BCUT2D eigenvalue weighted by Gasteiger charge is -2.10. The number of rotatable bonds is 5. The third-order valence-electron chi connectivity index (χ3n) is 2.63. The lowest BCUT2D eigenvalue weighted by Crippen LogP contribution is -2.06. The molecule has 0 amide bonds. The lowest BCUT2D eigenvalue weighted by atomic mass is 10.3. The van der Waals surface area contributed by atoms with Crippen LogP contribution in [0.15, 0.2) is 30.3 Å². The van der Waals surface area contributed by atoms with Crippen molar-refractivity contribution in [3.63, 3.8) is 0 Å². The van der Waals surface area contributed by atoms with E-state index < -0.39 is 11.6 Å². The van der Waals surface area contributed by atoms with Gasteiger partial charge in [0.15, 0.2) is 23.3 Å². The zero-order valence-electron chi connectivity index (χ0n) is 11.2. The maximum atomic E-state index is 13.7. The van der Waals surface area contributed by atoms with Crippen LogP contribution < -0.4 is 15.4 Å². The maximum Gasteiger partial charge on any atom is 0.169 e. The van der Waals surface area contributed by atoms with Gasteiger partial charge < -0.3 is 15.4 Å². The van der Waals surface area contributed by atoms with E-state index >= 15 is 0 Å². The Kier molecular flexibility index (Phi) is 4.34. The van der Waals surface area contributed by atoms with Crippen LogP contribution in [0.25, 0.3) is 0 Å². The molecule has 1 aromatic heterocycles. The summed E-state index contributed by atoms with van der Waals surface area (Å²) >= 11 is 0. The number of pyridine rings is 1. The molecule has 106 valence electrons. The van der Waals surface area contributed by atoms with Gasteiger partial charge in [-0.2, -0.15) is 0 Å². The molecule has 0 radical (unpaired) electrons. The van der Waals surface area contributed by atoms with Gasteiger partial charge in [-0.05, 0) is 31.2 Å². The standard InChI is InChI=1S/C14H15F2N3O/c1-3-17-13-11(15)8-12(16)14(19-13)18-9-4-6-10(20-2)7-5-9/h4-8H,3H2,1-2H3,(H2,17,18,19). The minimum absolute atomic E-state index is 0.0184. The fourth-order valence-corrected chi connectivity index (χ4v) is 1.66. The average molecular weight is 279 g/mol. The van der Waals surface area contributed by atoms with Crippen LogP contribution in [-0.4, -0.2) is 18.6 Å². The first kappa shape index (κ1) is 14.0. The molecule has 0 saturated carbocycles. The number of aromatic nitrogens is 1. The third kappa shape index (κ3) is 3.14. The van der Waals surface area contributed by atoms with Crippen molar-refractivity contribution in [2.24, 2.45) is 0 Å². The molecule has 0 fully saturated rings. The van der Waals surface area contributed by atoms with E-state index in [4.69, 9.17) is 4.74 Å². The zero-order valence-corrected chi connectivity index (χ0v) is 11.2. The minimum atomic E-state index is -0.750. The van der Waals surface area contributed by atoms with Gasteiger partial charge in [0.2, 0.25) is 0 Å². The number of nitrogens with zero attached hydrogens (tertiary/aromatic N) is 1. The highest BCUT2D eigenvalue weighted by atomic mass is 19.1. The Morgan fingerprint density at radius 3 is 2.35 bits per heavy atom. The van der Waals surface area contributed by atoms with E-state index in [1.54, 1.807) is 38.3 Å². The number of hydrogen-bond acceptors (Lipinski definition) is 4. The van der Waals surface area contributed by atoms with Crippen molar-refractivity contribution in [3.8, 4) is 5.75 Å². The topological polar surface area (TPSA) is 46.2 Å². The number of nitrogens with one attached hydrogen (secondary N) is 2. The highest BCUT2D eigenvalue weighted by Gasteiger charge is 2.11. The van der Waals surface area contributed by atoms with Gasteiger partial charge in [0.25, 0.3) is 0 Å². The predicted octanol–water partition coefficient (Wildman–Crippen LogP) is 3.54. The van der Waals surface area contributed by atoms with Crippen LogP contribution in [-0.2, 0) is 0 Å². The smallest absolute Gasteiger partial charge is 0.169 e. The molecule has 1 heterocycles. The first-order valence-electron chi connectivity index (χ1n) is 6.15. The Morgan fingerprint density at radius 2 is 1.75 bits per heavy atom. The Hall–Kier alpha value is -2.37. The Morgan fingerprint density at radius 1 is 1.10 bits per heavy atom. The quantitative estimate of drug-likeness (QED) is 0.878. The van der Waals surface area contributed by atoms with Gasteiger partial charge in [-0.25, -0.2) is 13.8 Å². The van der Waals surface area contributed by atoms with Crippen molar-refractivity contribution < 1.29 is 13.5 Å². The van der Waals surface area contributed by atoms with Crippen LogP contribution in [0, 0.1) is 11.6 Å². The summed E-state index contributed by atoms with van der Waals surface area (Å²) in [6.07, 6.45) is 0. The SMILES string of the molecule is CCNc1nc(Nc2ccc(OC)cc2)c(F)cc1F. The monoisotopic (exact) mass is 279 g/mol. The molecule has 0 aliphatic carbocycles. The summed E-state index contributed by atoms with van der Waals surface area (Å²) in [5.41, 5.74) is 0.631. The molecule has 0 unspecified atom stereocenters. The zero-order chi connectivity index (χ0) is 14.5. The second-order valence-corrected chi connectivity index (χ2v) is 4.03. The van der Waals surface area contributed by atoms with E-state index in [0.29, 0.717) is 18.0 Å². The average Bonchev–Trinajstić information content (AvgIpc) is 2.45. The highest BCUT2D eigenvalue weighted by Crippen LogP contribution is 2.23. The molecule has 0 atom stereocenters. The largest absolute Gasteiger partial charge is 0.497 e. The summed E-state index contributed by atoms with van der Waals surface area (Å²) in [6.45, 7) is 2.30. The molecule has 1 aromatic carbocycles. The lowest BCUT2D eigenvalue weighted by molar-refractivity contribution is 0.415. The summed E-state index contributed by atoms with van der Waals surface area (Å²) in [5, 5.41) is 5.54. The van der Waals surface area contributed by atoms with E-state index in [0.717, 1.165) is 6.07 Å². The van der Waals surface area contributed by atoms with Crippen molar-refractivity contribution in [1.82, 2.24) is 4.98 Å². The second-order valence-electron chi connectivity index (χ2n) is 4.03. The minimum Gasteiger partial charge on any atom is -0.497 e. The summed E-state index contributed by atoms with van der Waals surface area (Å²) in [5.74, 6) is -0.793. The van der Waals surface area contributed by atoms with E-state index in [-0.39, 0.29) is 11.6 Å². The molecule has 2 rings (SSSR count). The van der Waals surface area contributed by atoms with Crippen LogP contribution in [0.3, 0.4) is 0 Å². The van der Waals surface area contributed by atoms with Crippen LogP contribution in [0.1, 0.15) is 6.92 Å². The van der Waals surface area contributed by atoms with Gasteiger partial charge in [0, 0.05) is 18.3 Å². The molecule has 20 heavy (non-hydrogen) atoms. The van der Waals surface area contributed by atoms with Crippen LogP contribution >= 0.6 is 0 Å². The number of methoxy groups -OCH3 is 1. The molecule has 4 nitrogen and oxygen atoms in total. The normalized spacial score (nSPS) is 10.2. The Labute approximate surface area is 115 Å². The van der Waals surface area contributed by atoms with Crippen LogP contribution in [0.5, 0.6) is 5.75 Å². The van der Waals surface area contributed by atoms with Crippen LogP contribution in [0.4, 0.5) is 26.1 Å². The van der Waals surface area contributed by atoms with E-state index in [2.05, 4.69) is 15.6 Å². The maximum absolute atomic E-state index is 13.7. The van der Waals surface area contributed by atoms with Crippen molar-refractivity contribution in [3.05, 3.63) is 42.0 Å². The van der Waals surface area contributed by atoms with E-state index in [9.17, 15) is 8.78 Å². The van der Waals surface area contributed by atoms with Crippen molar-refractivity contribution in [2.45, 2.75) is 6.92 Å². The number of benzene rings is 1. The van der Waals surface area contributed by atoms with Gasteiger partial charge in [0.05, 0.1) is 7.11 Å². The predicted molar refractivity (Wildman–Crippen MR) is 74.6 cm³/mol. The number of ether oxygens (including phenoxy) is 1. The summed E-state index contributed by atoms with van der Waals surface area (Å²) in [6, 6.07) is 7.70. The van der Waals surface area contributed by atoms with E-state index in [1.165, 1.54) is 0 Å². The number of hydrogen-bond donors (Lipinski definition) is 2. The fraction of sp³-hybridized carbons (Fsp3) is 0.214. The first-order valence-corrected chi connectivity index (χ1v) is 6.15. The molecular weight excluding hydrogens is 264 g/mol. The van der Waals surface area contributed by atoms with Gasteiger partial charge in [-0.3, -0.25) is 0 Å².